The number of aromatic nitrogens is 3. The topological polar surface area (TPSA) is 68.9 Å². The van der Waals surface area contributed by atoms with Crippen molar-refractivity contribution in [2.45, 2.75) is 19.8 Å². The van der Waals surface area contributed by atoms with E-state index >= 15 is 0 Å². The van der Waals surface area contributed by atoms with E-state index in [2.05, 4.69) is 32.2 Å². The first-order valence-electron chi connectivity index (χ1n) is 9.01. The zero-order valence-corrected chi connectivity index (χ0v) is 16.6. The summed E-state index contributed by atoms with van der Waals surface area (Å²) >= 11 is 7.55. The molecule has 1 aromatic carbocycles. The van der Waals surface area contributed by atoms with E-state index in [-0.39, 0.29) is 0 Å². The second kappa shape index (κ2) is 7.67. The molecule has 3 heterocycles. The van der Waals surface area contributed by atoms with Gasteiger partial charge >= 0.3 is 0 Å². The molecule has 3 aromatic rings. The van der Waals surface area contributed by atoms with Crippen molar-refractivity contribution in [3.8, 4) is 6.07 Å². The molecule has 8 heteroatoms. The van der Waals surface area contributed by atoms with Gasteiger partial charge in [-0.1, -0.05) is 18.5 Å². The smallest absolute Gasteiger partial charge is 0.205 e. The van der Waals surface area contributed by atoms with Gasteiger partial charge in [0.25, 0.3) is 0 Å². The Kier molecular flexibility index (Phi) is 5.10. The third-order valence-electron chi connectivity index (χ3n) is 4.74. The average Bonchev–Trinajstić information content (AvgIpc) is 3.04. The predicted octanol–water partition coefficient (Wildman–Crippen LogP) is 3.89. The first-order valence-corrected chi connectivity index (χ1v) is 10.2. The molecule has 1 aliphatic rings. The monoisotopic (exact) mass is 398 g/mol. The van der Waals surface area contributed by atoms with E-state index in [4.69, 9.17) is 16.6 Å². The normalized spacial score (nSPS) is 15.0. The zero-order chi connectivity index (χ0) is 18.8. The molecule has 0 unspecified atom stereocenters. The van der Waals surface area contributed by atoms with E-state index in [1.807, 2.05) is 18.2 Å². The lowest BCUT2D eigenvalue weighted by Gasteiger charge is -2.23. The molecule has 6 nitrogen and oxygen atoms in total. The zero-order valence-electron chi connectivity index (χ0n) is 15.0. The van der Waals surface area contributed by atoms with Gasteiger partial charge in [-0.25, -0.2) is 9.97 Å². The fourth-order valence-electron chi connectivity index (χ4n) is 3.29. The van der Waals surface area contributed by atoms with Crippen LogP contribution in [-0.4, -0.2) is 40.5 Å². The van der Waals surface area contributed by atoms with E-state index in [0.717, 1.165) is 66.7 Å². The average molecular weight is 399 g/mol. The summed E-state index contributed by atoms with van der Waals surface area (Å²) in [6.07, 6.45) is 1.86. The molecule has 2 aromatic heterocycles. The molecular formula is C19H19ClN6S. The minimum Gasteiger partial charge on any atom is -0.355 e. The summed E-state index contributed by atoms with van der Waals surface area (Å²) in [7, 11) is 0. The molecule has 1 saturated heterocycles. The van der Waals surface area contributed by atoms with Crippen LogP contribution in [0.25, 0.3) is 10.9 Å². The molecule has 0 atom stereocenters. The first-order chi connectivity index (χ1) is 13.2. The SMILES string of the molecule is CCc1nsc(N2CCCN(c3cc(C#N)c4cc(Cl)ccc4n3)CC2)n1. The van der Waals surface area contributed by atoms with Crippen LogP contribution in [0.2, 0.25) is 5.02 Å². The fraction of sp³-hybridized carbons (Fsp3) is 0.368. The van der Waals surface area contributed by atoms with Gasteiger partial charge in [0.05, 0.1) is 17.1 Å². The van der Waals surface area contributed by atoms with Gasteiger partial charge in [0.1, 0.15) is 11.6 Å². The molecule has 138 valence electrons. The highest BCUT2D eigenvalue weighted by Crippen LogP contribution is 2.27. The van der Waals surface area contributed by atoms with E-state index < -0.39 is 0 Å². The number of fused-ring (bicyclic) bond motifs is 1. The summed E-state index contributed by atoms with van der Waals surface area (Å²) in [5.41, 5.74) is 1.40. The van der Waals surface area contributed by atoms with E-state index in [0.29, 0.717) is 10.6 Å². The third-order valence-corrected chi connectivity index (χ3v) is 5.79. The Bertz CT molecular complexity index is 1010. The molecular weight excluding hydrogens is 380 g/mol. The Morgan fingerprint density at radius 2 is 1.96 bits per heavy atom. The molecule has 0 aliphatic carbocycles. The predicted molar refractivity (Wildman–Crippen MR) is 110 cm³/mol. The van der Waals surface area contributed by atoms with Crippen LogP contribution < -0.4 is 9.80 Å². The van der Waals surface area contributed by atoms with E-state index in [1.54, 1.807) is 6.07 Å². The molecule has 4 rings (SSSR count). The van der Waals surface area contributed by atoms with Gasteiger partial charge in [0, 0.05) is 54.5 Å². The maximum Gasteiger partial charge on any atom is 0.205 e. The molecule has 0 spiro atoms. The summed E-state index contributed by atoms with van der Waals surface area (Å²) in [5.74, 6) is 1.75. The van der Waals surface area contributed by atoms with Gasteiger partial charge in [0.15, 0.2) is 0 Å². The van der Waals surface area contributed by atoms with Gasteiger partial charge < -0.3 is 9.80 Å². The minimum atomic E-state index is 0.607. The van der Waals surface area contributed by atoms with Crippen molar-refractivity contribution in [1.82, 2.24) is 14.3 Å². The van der Waals surface area contributed by atoms with Crippen LogP contribution in [0.4, 0.5) is 10.9 Å². The third kappa shape index (κ3) is 3.68. The first kappa shape index (κ1) is 18.0. The molecule has 0 bridgehead atoms. The van der Waals surface area contributed by atoms with Crippen LogP contribution in [0.5, 0.6) is 0 Å². The van der Waals surface area contributed by atoms with Crippen LogP contribution in [0.3, 0.4) is 0 Å². The number of benzene rings is 1. The molecule has 0 saturated carbocycles. The number of halogens is 1. The standard InChI is InChI=1S/C19H19ClN6S/c1-2-17-23-19(27-24-17)26-7-3-6-25(8-9-26)18-10-13(12-21)15-11-14(20)4-5-16(15)22-18/h4-5,10-11H,2-3,6-9H2,1H3. The molecule has 1 fully saturated rings. The lowest BCUT2D eigenvalue weighted by atomic mass is 10.1. The van der Waals surface area contributed by atoms with Crippen molar-refractivity contribution < 1.29 is 0 Å². The Morgan fingerprint density at radius 1 is 1.15 bits per heavy atom. The van der Waals surface area contributed by atoms with Gasteiger partial charge in [-0.05, 0) is 30.7 Å². The van der Waals surface area contributed by atoms with E-state index in [1.165, 1.54) is 11.5 Å². The summed E-state index contributed by atoms with van der Waals surface area (Å²) in [5, 5.41) is 12.0. The van der Waals surface area contributed by atoms with E-state index in [9.17, 15) is 5.26 Å². The Labute approximate surface area is 167 Å². The quantitative estimate of drug-likeness (QED) is 0.666. The molecule has 0 N–H and O–H groups in total. The highest BCUT2D eigenvalue weighted by Gasteiger charge is 2.20. The summed E-state index contributed by atoms with van der Waals surface area (Å²) in [6, 6.07) is 9.64. The lowest BCUT2D eigenvalue weighted by Crippen LogP contribution is -2.31. The summed E-state index contributed by atoms with van der Waals surface area (Å²) in [4.78, 5) is 13.9. The van der Waals surface area contributed by atoms with Crippen molar-refractivity contribution >= 4 is 45.0 Å². The molecule has 27 heavy (non-hydrogen) atoms. The lowest BCUT2D eigenvalue weighted by molar-refractivity contribution is 0.797. The van der Waals surface area contributed by atoms with Crippen molar-refractivity contribution in [3.05, 3.63) is 40.7 Å². The molecule has 0 amide bonds. The number of hydrogen-bond donors (Lipinski definition) is 0. The number of pyridine rings is 1. The number of anilines is 2. The van der Waals surface area contributed by atoms with Gasteiger partial charge in [-0.3, -0.25) is 0 Å². The van der Waals surface area contributed by atoms with Gasteiger partial charge in [-0.15, -0.1) is 0 Å². The van der Waals surface area contributed by atoms with Crippen LogP contribution in [-0.2, 0) is 6.42 Å². The molecule has 0 radical (unpaired) electrons. The van der Waals surface area contributed by atoms with Crippen LogP contribution >= 0.6 is 23.1 Å². The number of aryl methyl sites for hydroxylation is 1. The summed E-state index contributed by atoms with van der Waals surface area (Å²) in [6.45, 7) is 5.61. The Hall–Kier alpha value is -2.43. The number of rotatable bonds is 3. The van der Waals surface area contributed by atoms with Crippen molar-refractivity contribution in [2.75, 3.05) is 36.0 Å². The maximum absolute atomic E-state index is 9.56. The van der Waals surface area contributed by atoms with Gasteiger partial charge in [0.2, 0.25) is 5.13 Å². The Morgan fingerprint density at radius 3 is 2.74 bits per heavy atom. The second-order valence-corrected chi connectivity index (χ2v) is 7.64. The van der Waals surface area contributed by atoms with Crippen LogP contribution in [0, 0.1) is 11.3 Å². The fourth-order valence-corrected chi connectivity index (χ4v) is 4.27. The largest absolute Gasteiger partial charge is 0.355 e. The maximum atomic E-state index is 9.56. The van der Waals surface area contributed by atoms with Crippen LogP contribution in [0.1, 0.15) is 24.7 Å². The van der Waals surface area contributed by atoms with Crippen molar-refractivity contribution in [1.29, 1.82) is 5.26 Å². The highest BCUT2D eigenvalue weighted by molar-refractivity contribution is 7.09. The van der Waals surface area contributed by atoms with Crippen molar-refractivity contribution in [3.63, 3.8) is 0 Å². The minimum absolute atomic E-state index is 0.607. The van der Waals surface area contributed by atoms with Crippen molar-refractivity contribution in [2.24, 2.45) is 0 Å². The number of nitriles is 1. The van der Waals surface area contributed by atoms with Crippen LogP contribution in [0.15, 0.2) is 24.3 Å². The van der Waals surface area contributed by atoms with Gasteiger partial charge in [-0.2, -0.15) is 9.64 Å². The number of hydrogen-bond acceptors (Lipinski definition) is 7. The highest BCUT2D eigenvalue weighted by atomic mass is 35.5. The second-order valence-electron chi connectivity index (χ2n) is 6.48. The number of nitrogens with zero attached hydrogens (tertiary/aromatic N) is 6. The Balaban J connectivity index is 1.59. The summed E-state index contributed by atoms with van der Waals surface area (Å²) < 4.78 is 4.40. The molecule has 1 aliphatic heterocycles.